The Morgan fingerprint density at radius 2 is 1.78 bits per heavy atom. The van der Waals surface area contributed by atoms with E-state index < -0.39 is 0 Å². The second-order valence-electron chi connectivity index (χ2n) is 9.31. The van der Waals surface area contributed by atoms with Crippen LogP contribution in [0.4, 0.5) is 5.69 Å². The standard InChI is InChI=1S/C31H32N2O4/c1-21(2)26-11-9-22(3)17-29(26)37-16-15-36-28-12-10-23(19-30(28)35-4)18-25(20-32)31(34)33-14-13-24-7-5-6-8-27(24)33/h5-12,17-19,21H,13-16H2,1-4H3. The quantitative estimate of drug-likeness (QED) is 0.204. The molecule has 190 valence electrons. The third kappa shape index (κ3) is 5.95. The van der Waals surface area contributed by atoms with Gasteiger partial charge in [-0.2, -0.15) is 5.26 Å². The lowest BCUT2D eigenvalue weighted by atomic mass is 10.0. The average molecular weight is 497 g/mol. The summed E-state index contributed by atoms with van der Waals surface area (Å²) in [4.78, 5) is 14.8. The van der Waals surface area contributed by atoms with Gasteiger partial charge in [-0.3, -0.25) is 4.79 Å². The molecule has 3 aromatic rings. The van der Waals surface area contributed by atoms with Crippen molar-refractivity contribution in [3.63, 3.8) is 0 Å². The molecule has 0 unspecified atom stereocenters. The number of nitrogens with zero attached hydrogens (tertiary/aromatic N) is 2. The van der Waals surface area contributed by atoms with E-state index in [0.29, 0.717) is 42.7 Å². The largest absolute Gasteiger partial charge is 0.493 e. The van der Waals surface area contributed by atoms with Crippen LogP contribution in [0.15, 0.2) is 66.2 Å². The van der Waals surface area contributed by atoms with Crippen LogP contribution in [0.3, 0.4) is 0 Å². The fraction of sp³-hybridized carbons (Fsp3) is 0.290. The highest BCUT2D eigenvalue weighted by Gasteiger charge is 2.26. The van der Waals surface area contributed by atoms with Crippen molar-refractivity contribution >= 4 is 17.7 Å². The Kier molecular flexibility index (Phi) is 8.15. The van der Waals surface area contributed by atoms with Gasteiger partial charge in [0.1, 0.15) is 30.6 Å². The number of hydrogen-bond donors (Lipinski definition) is 0. The van der Waals surface area contributed by atoms with Crippen LogP contribution in [-0.2, 0) is 11.2 Å². The molecule has 1 aliphatic rings. The SMILES string of the molecule is COc1cc(C=C(C#N)C(=O)N2CCc3ccccc32)ccc1OCCOc1cc(C)ccc1C(C)C. The van der Waals surface area contributed by atoms with Crippen molar-refractivity contribution in [2.24, 2.45) is 0 Å². The van der Waals surface area contributed by atoms with E-state index >= 15 is 0 Å². The molecule has 0 aliphatic carbocycles. The minimum absolute atomic E-state index is 0.0694. The summed E-state index contributed by atoms with van der Waals surface area (Å²) in [7, 11) is 1.56. The topological polar surface area (TPSA) is 71.8 Å². The van der Waals surface area contributed by atoms with E-state index in [1.165, 1.54) is 5.56 Å². The Labute approximate surface area is 218 Å². The maximum absolute atomic E-state index is 13.1. The van der Waals surface area contributed by atoms with E-state index in [9.17, 15) is 10.1 Å². The van der Waals surface area contributed by atoms with Crippen LogP contribution in [0.1, 0.15) is 42.0 Å². The molecule has 0 bridgehead atoms. The highest BCUT2D eigenvalue weighted by Crippen LogP contribution is 2.32. The molecule has 0 radical (unpaired) electrons. The molecule has 37 heavy (non-hydrogen) atoms. The van der Waals surface area contributed by atoms with Gasteiger partial charge in [0.2, 0.25) is 0 Å². The van der Waals surface area contributed by atoms with Gasteiger partial charge in [-0.1, -0.05) is 50.2 Å². The summed E-state index contributed by atoms with van der Waals surface area (Å²) >= 11 is 0. The maximum atomic E-state index is 13.1. The van der Waals surface area contributed by atoms with Crippen LogP contribution >= 0.6 is 0 Å². The fourth-order valence-corrected chi connectivity index (χ4v) is 4.44. The number of para-hydroxylation sites is 1. The van der Waals surface area contributed by atoms with E-state index in [-0.39, 0.29) is 11.5 Å². The number of benzene rings is 3. The van der Waals surface area contributed by atoms with Crippen molar-refractivity contribution in [3.05, 3.63) is 88.5 Å². The van der Waals surface area contributed by atoms with Crippen LogP contribution in [0.5, 0.6) is 17.2 Å². The van der Waals surface area contributed by atoms with Gasteiger partial charge in [-0.25, -0.2) is 0 Å². The molecule has 3 aromatic carbocycles. The number of ether oxygens (including phenoxy) is 3. The van der Waals surface area contributed by atoms with Gasteiger partial charge in [0.05, 0.1) is 7.11 Å². The number of hydrogen-bond acceptors (Lipinski definition) is 5. The Bertz CT molecular complexity index is 1350. The number of fused-ring (bicyclic) bond motifs is 1. The first kappa shape index (κ1) is 25.8. The lowest BCUT2D eigenvalue weighted by Gasteiger charge is -2.17. The summed E-state index contributed by atoms with van der Waals surface area (Å²) in [5.41, 5.74) is 5.04. The van der Waals surface area contributed by atoms with E-state index in [4.69, 9.17) is 14.2 Å². The Balaban J connectivity index is 1.42. The summed E-state index contributed by atoms with van der Waals surface area (Å²) in [5, 5.41) is 9.72. The second-order valence-corrected chi connectivity index (χ2v) is 9.31. The number of anilines is 1. The van der Waals surface area contributed by atoms with E-state index in [2.05, 4.69) is 32.0 Å². The lowest BCUT2D eigenvalue weighted by Crippen LogP contribution is -2.29. The molecule has 0 atom stereocenters. The molecule has 4 rings (SSSR count). The average Bonchev–Trinajstić information content (AvgIpc) is 3.34. The van der Waals surface area contributed by atoms with E-state index in [0.717, 1.165) is 29.0 Å². The Morgan fingerprint density at radius 1 is 1.03 bits per heavy atom. The van der Waals surface area contributed by atoms with Gasteiger partial charge in [-0.15, -0.1) is 0 Å². The van der Waals surface area contributed by atoms with Crippen molar-refractivity contribution in [1.29, 1.82) is 5.26 Å². The molecule has 0 spiro atoms. The zero-order valence-corrected chi connectivity index (χ0v) is 21.8. The summed E-state index contributed by atoms with van der Waals surface area (Å²) in [6.45, 7) is 7.63. The van der Waals surface area contributed by atoms with Crippen LogP contribution in [0.25, 0.3) is 6.08 Å². The molecule has 6 heteroatoms. The summed E-state index contributed by atoms with van der Waals surface area (Å²) in [6.07, 6.45) is 2.37. The summed E-state index contributed by atoms with van der Waals surface area (Å²) in [5.74, 6) is 2.02. The number of amides is 1. The molecular formula is C31H32N2O4. The molecule has 0 aromatic heterocycles. The van der Waals surface area contributed by atoms with Crippen molar-refractivity contribution < 1.29 is 19.0 Å². The molecule has 0 saturated carbocycles. The predicted octanol–water partition coefficient (Wildman–Crippen LogP) is 6.08. The van der Waals surface area contributed by atoms with Gasteiger partial charge in [0.15, 0.2) is 11.5 Å². The van der Waals surface area contributed by atoms with Crippen molar-refractivity contribution in [2.75, 3.05) is 31.8 Å². The highest BCUT2D eigenvalue weighted by molar-refractivity contribution is 6.12. The van der Waals surface area contributed by atoms with E-state index in [1.54, 1.807) is 36.3 Å². The third-order valence-corrected chi connectivity index (χ3v) is 6.37. The van der Waals surface area contributed by atoms with Gasteiger partial charge >= 0.3 is 0 Å². The highest BCUT2D eigenvalue weighted by atomic mass is 16.5. The fourth-order valence-electron chi connectivity index (χ4n) is 4.44. The van der Waals surface area contributed by atoms with Gasteiger partial charge < -0.3 is 19.1 Å². The number of carbonyl (C=O) groups excluding carboxylic acids is 1. The second kappa shape index (κ2) is 11.7. The van der Waals surface area contributed by atoms with Gasteiger partial charge in [-0.05, 0) is 71.9 Å². The first-order chi connectivity index (χ1) is 17.9. The molecule has 6 nitrogen and oxygen atoms in total. The molecule has 1 heterocycles. The van der Waals surface area contributed by atoms with Crippen molar-refractivity contribution in [1.82, 2.24) is 0 Å². The Morgan fingerprint density at radius 3 is 2.51 bits per heavy atom. The maximum Gasteiger partial charge on any atom is 0.268 e. The smallest absolute Gasteiger partial charge is 0.268 e. The van der Waals surface area contributed by atoms with Crippen LogP contribution in [0.2, 0.25) is 0 Å². The van der Waals surface area contributed by atoms with Gasteiger partial charge in [0, 0.05) is 12.2 Å². The Hall–Kier alpha value is -4.24. The molecule has 1 aliphatic heterocycles. The minimum Gasteiger partial charge on any atom is -0.493 e. The molecule has 0 saturated heterocycles. The first-order valence-electron chi connectivity index (χ1n) is 12.5. The zero-order valence-electron chi connectivity index (χ0n) is 21.8. The molecule has 1 amide bonds. The van der Waals surface area contributed by atoms with E-state index in [1.807, 2.05) is 37.3 Å². The number of rotatable bonds is 9. The minimum atomic E-state index is -0.305. The zero-order chi connectivity index (χ0) is 26.4. The molecular weight excluding hydrogens is 464 g/mol. The number of carbonyl (C=O) groups is 1. The molecule has 0 fully saturated rings. The number of nitriles is 1. The monoisotopic (exact) mass is 496 g/mol. The third-order valence-electron chi connectivity index (χ3n) is 6.37. The normalized spacial score (nSPS) is 12.8. The first-order valence-corrected chi connectivity index (χ1v) is 12.5. The van der Waals surface area contributed by atoms with Crippen LogP contribution < -0.4 is 19.1 Å². The molecule has 0 N–H and O–H groups in total. The lowest BCUT2D eigenvalue weighted by molar-refractivity contribution is -0.114. The van der Waals surface area contributed by atoms with Crippen LogP contribution in [0, 0.1) is 18.3 Å². The number of aryl methyl sites for hydroxylation is 1. The summed E-state index contributed by atoms with van der Waals surface area (Å²) < 4.78 is 17.5. The summed E-state index contributed by atoms with van der Waals surface area (Å²) in [6, 6.07) is 21.4. The number of methoxy groups -OCH3 is 1. The van der Waals surface area contributed by atoms with Crippen LogP contribution in [-0.4, -0.2) is 32.8 Å². The van der Waals surface area contributed by atoms with Gasteiger partial charge in [0.25, 0.3) is 5.91 Å². The van der Waals surface area contributed by atoms with Crippen molar-refractivity contribution in [2.45, 2.75) is 33.1 Å². The van der Waals surface area contributed by atoms with Crippen molar-refractivity contribution in [3.8, 4) is 23.3 Å². The predicted molar refractivity (Wildman–Crippen MR) is 145 cm³/mol.